The second kappa shape index (κ2) is 5.25. The summed E-state index contributed by atoms with van der Waals surface area (Å²) in [7, 11) is 0. The van der Waals surface area contributed by atoms with Gasteiger partial charge in [0.15, 0.2) is 0 Å². The predicted molar refractivity (Wildman–Crippen MR) is 81.2 cm³/mol. The lowest BCUT2D eigenvalue weighted by molar-refractivity contribution is 0.199. The van der Waals surface area contributed by atoms with Crippen molar-refractivity contribution in [3.63, 3.8) is 0 Å². The molecule has 0 fully saturated rings. The van der Waals surface area contributed by atoms with Crippen molar-refractivity contribution in [2.45, 2.75) is 26.4 Å². The van der Waals surface area contributed by atoms with Crippen LogP contribution in [0.15, 0.2) is 42.6 Å². The molecule has 104 valence electrons. The first kappa shape index (κ1) is 13.1. The van der Waals surface area contributed by atoms with Gasteiger partial charge in [-0.2, -0.15) is 0 Å². The highest BCUT2D eigenvalue weighted by Crippen LogP contribution is 2.37. The molecule has 3 rings (SSSR count). The van der Waals surface area contributed by atoms with Crippen LogP contribution in [0.4, 0.5) is 11.5 Å². The number of hydrogen-bond acceptors (Lipinski definition) is 3. The number of benzene rings is 1. The second-order valence-electron chi connectivity index (χ2n) is 5.64. The highest BCUT2D eigenvalue weighted by atomic mass is 16.3. The van der Waals surface area contributed by atoms with Gasteiger partial charge in [-0.15, -0.1) is 0 Å². The molecule has 1 unspecified atom stereocenters. The van der Waals surface area contributed by atoms with E-state index >= 15 is 0 Å². The summed E-state index contributed by atoms with van der Waals surface area (Å²) in [5.41, 5.74) is 3.45. The van der Waals surface area contributed by atoms with E-state index in [4.69, 9.17) is 0 Å². The number of aromatic nitrogens is 1. The monoisotopic (exact) mass is 268 g/mol. The van der Waals surface area contributed by atoms with Crippen LogP contribution in [0.3, 0.4) is 0 Å². The summed E-state index contributed by atoms with van der Waals surface area (Å²) in [6.45, 7) is 4.99. The molecule has 1 aromatic carbocycles. The molecule has 3 nitrogen and oxygen atoms in total. The largest absolute Gasteiger partial charge is 0.389 e. The van der Waals surface area contributed by atoms with E-state index in [0.717, 1.165) is 24.3 Å². The first-order valence-corrected chi connectivity index (χ1v) is 7.15. The zero-order valence-electron chi connectivity index (χ0n) is 12.0. The molecule has 0 amide bonds. The molecule has 2 aromatic rings. The summed E-state index contributed by atoms with van der Waals surface area (Å²) in [6, 6.07) is 12.3. The minimum Gasteiger partial charge on any atom is -0.389 e. The van der Waals surface area contributed by atoms with E-state index < -0.39 is 6.10 Å². The van der Waals surface area contributed by atoms with Crippen LogP contribution < -0.4 is 4.90 Å². The fraction of sp³-hybridized carbons (Fsp3) is 0.353. The van der Waals surface area contributed by atoms with Gasteiger partial charge in [-0.3, -0.25) is 0 Å². The number of fused-ring (bicyclic) bond motifs is 1. The molecule has 0 saturated heterocycles. The van der Waals surface area contributed by atoms with Crippen molar-refractivity contribution >= 4 is 11.5 Å². The van der Waals surface area contributed by atoms with Gasteiger partial charge >= 0.3 is 0 Å². The van der Waals surface area contributed by atoms with Gasteiger partial charge in [0, 0.05) is 24.0 Å². The topological polar surface area (TPSA) is 36.4 Å². The van der Waals surface area contributed by atoms with Gasteiger partial charge in [-0.1, -0.05) is 31.2 Å². The summed E-state index contributed by atoms with van der Waals surface area (Å²) in [5.74, 6) is 1.45. The van der Waals surface area contributed by atoms with Crippen LogP contribution in [0.2, 0.25) is 0 Å². The lowest BCUT2D eigenvalue weighted by Crippen LogP contribution is -2.31. The quantitative estimate of drug-likeness (QED) is 0.906. The van der Waals surface area contributed by atoms with Crippen molar-refractivity contribution in [2.75, 3.05) is 11.4 Å². The van der Waals surface area contributed by atoms with Crippen molar-refractivity contribution in [1.82, 2.24) is 4.98 Å². The fourth-order valence-electron chi connectivity index (χ4n) is 2.96. The maximum absolute atomic E-state index is 9.98. The molecule has 0 spiro atoms. The van der Waals surface area contributed by atoms with Gasteiger partial charge in [-0.25, -0.2) is 4.98 Å². The van der Waals surface area contributed by atoms with E-state index in [-0.39, 0.29) is 0 Å². The number of para-hydroxylation sites is 1. The van der Waals surface area contributed by atoms with Gasteiger partial charge < -0.3 is 10.0 Å². The molecule has 2 atom stereocenters. The van der Waals surface area contributed by atoms with Crippen molar-refractivity contribution < 1.29 is 5.11 Å². The first-order valence-electron chi connectivity index (χ1n) is 7.15. The molecule has 3 heteroatoms. The molecule has 1 N–H and O–H groups in total. The lowest BCUT2D eigenvalue weighted by Gasteiger charge is -2.35. The molecule has 20 heavy (non-hydrogen) atoms. The Kier molecular flexibility index (Phi) is 3.45. The molecule has 1 aliphatic rings. The average molecular weight is 268 g/mol. The number of aliphatic hydroxyl groups excluding tert-OH is 1. The summed E-state index contributed by atoms with van der Waals surface area (Å²) >= 11 is 0. The number of pyridine rings is 1. The van der Waals surface area contributed by atoms with Crippen molar-refractivity contribution in [3.05, 3.63) is 53.7 Å². The van der Waals surface area contributed by atoms with Gasteiger partial charge in [0.2, 0.25) is 0 Å². The van der Waals surface area contributed by atoms with Gasteiger partial charge in [0.1, 0.15) is 5.82 Å². The maximum atomic E-state index is 9.98. The Hall–Kier alpha value is -1.87. The Labute approximate surface area is 119 Å². The number of rotatable bonds is 2. The molecule has 2 heterocycles. The Morgan fingerprint density at radius 1 is 1.25 bits per heavy atom. The minimum absolute atomic E-state index is 0.511. The molecule has 0 radical (unpaired) electrons. The second-order valence-corrected chi connectivity index (χ2v) is 5.64. The Balaban J connectivity index is 2.11. The predicted octanol–water partition coefficient (Wildman–Crippen LogP) is 3.47. The Morgan fingerprint density at radius 3 is 2.85 bits per heavy atom. The van der Waals surface area contributed by atoms with E-state index in [9.17, 15) is 5.11 Å². The zero-order valence-corrected chi connectivity index (χ0v) is 12.0. The van der Waals surface area contributed by atoms with Crippen molar-refractivity contribution in [3.8, 4) is 0 Å². The van der Waals surface area contributed by atoms with Gasteiger partial charge in [-0.05, 0) is 37.0 Å². The van der Waals surface area contributed by atoms with Crippen LogP contribution in [-0.4, -0.2) is 16.6 Å². The highest BCUT2D eigenvalue weighted by molar-refractivity contribution is 5.67. The van der Waals surface area contributed by atoms with Gasteiger partial charge in [0.05, 0.1) is 6.10 Å². The third-order valence-corrected chi connectivity index (χ3v) is 3.87. The molecule has 0 saturated carbocycles. The van der Waals surface area contributed by atoms with E-state index in [2.05, 4.69) is 41.1 Å². The van der Waals surface area contributed by atoms with Crippen LogP contribution >= 0.6 is 0 Å². The van der Waals surface area contributed by atoms with Crippen LogP contribution in [-0.2, 0) is 6.42 Å². The number of hydrogen-bond donors (Lipinski definition) is 1. The molecule has 0 bridgehead atoms. The Bertz CT molecular complexity index is 609. The molecule has 0 aliphatic carbocycles. The average Bonchev–Trinajstić information content (AvgIpc) is 2.46. The maximum Gasteiger partial charge on any atom is 0.138 e. The third-order valence-electron chi connectivity index (χ3n) is 3.87. The first-order chi connectivity index (χ1) is 9.66. The molecule has 1 aromatic heterocycles. The number of nitrogens with zero attached hydrogens (tertiary/aromatic N) is 2. The molecular formula is C17H20N2O. The molecule has 1 aliphatic heterocycles. The van der Waals surface area contributed by atoms with Crippen LogP contribution in [0.25, 0.3) is 0 Å². The summed E-state index contributed by atoms with van der Waals surface area (Å²) in [4.78, 5) is 6.76. The standard InChI is InChI=1S/C17H20N2O/c1-12-10-14-6-3-4-8-16(14)19(11-12)17-15(13(2)20)7-5-9-18-17/h3-9,12-13,20H,10-11H2,1-2H3/t12?,13-/m0/s1. The van der Waals surface area contributed by atoms with Crippen LogP contribution in [0.1, 0.15) is 31.1 Å². The van der Waals surface area contributed by atoms with E-state index in [1.807, 2.05) is 12.1 Å². The highest BCUT2D eigenvalue weighted by Gasteiger charge is 2.25. The van der Waals surface area contributed by atoms with E-state index in [0.29, 0.717) is 5.92 Å². The third kappa shape index (κ3) is 2.29. The van der Waals surface area contributed by atoms with Crippen LogP contribution in [0.5, 0.6) is 0 Å². The van der Waals surface area contributed by atoms with Crippen LogP contribution in [0, 0.1) is 5.92 Å². The minimum atomic E-state index is -0.511. The number of aliphatic hydroxyl groups is 1. The van der Waals surface area contributed by atoms with Crippen molar-refractivity contribution in [2.24, 2.45) is 5.92 Å². The van der Waals surface area contributed by atoms with Gasteiger partial charge in [0.25, 0.3) is 0 Å². The lowest BCUT2D eigenvalue weighted by atomic mass is 9.93. The summed E-state index contributed by atoms with van der Waals surface area (Å²) in [5, 5.41) is 9.98. The normalized spacial score (nSPS) is 19.6. The smallest absolute Gasteiger partial charge is 0.138 e. The van der Waals surface area contributed by atoms with Crippen molar-refractivity contribution in [1.29, 1.82) is 0 Å². The zero-order chi connectivity index (χ0) is 14.1. The van der Waals surface area contributed by atoms with E-state index in [1.54, 1.807) is 13.1 Å². The number of anilines is 2. The SMILES string of the molecule is CC1Cc2ccccc2N(c2ncccc2[C@H](C)O)C1. The van der Waals surface area contributed by atoms with E-state index in [1.165, 1.54) is 11.3 Å². The fourth-order valence-corrected chi connectivity index (χ4v) is 2.96. The summed E-state index contributed by atoms with van der Waals surface area (Å²) < 4.78 is 0. The Morgan fingerprint density at radius 2 is 2.05 bits per heavy atom. The molecular weight excluding hydrogens is 248 g/mol. The summed E-state index contributed by atoms with van der Waals surface area (Å²) in [6.07, 6.45) is 2.38.